The van der Waals surface area contributed by atoms with Gasteiger partial charge in [-0.1, -0.05) is 6.92 Å². The molecule has 2 heterocycles. The Kier molecular flexibility index (Phi) is 2.83. The Morgan fingerprint density at radius 2 is 2.12 bits per heavy atom. The zero-order chi connectivity index (χ0) is 12.6. The number of hydrogen-bond acceptors (Lipinski definition) is 3. The number of aromatic amines is 1. The molecule has 0 unspecified atom stereocenters. The number of hydrogen-bond donors (Lipinski definition) is 1. The van der Waals surface area contributed by atoms with Crippen LogP contribution in [-0.4, -0.2) is 19.7 Å². The number of nitrogens with zero attached hydrogens (tertiary/aromatic N) is 3. The van der Waals surface area contributed by atoms with E-state index in [-0.39, 0.29) is 5.56 Å². The van der Waals surface area contributed by atoms with Gasteiger partial charge in [0.15, 0.2) is 0 Å². The molecule has 0 aliphatic rings. The molecule has 2 aromatic heterocycles. The Labute approximate surface area is 99.5 Å². The van der Waals surface area contributed by atoms with Gasteiger partial charge >= 0.3 is 0 Å². The highest BCUT2D eigenvalue weighted by atomic mass is 16.1. The van der Waals surface area contributed by atoms with Gasteiger partial charge in [-0.05, 0) is 20.3 Å². The van der Waals surface area contributed by atoms with Gasteiger partial charge in [0.1, 0.15) is 5.82 Å². The minimum atomic E-state index is -0.0740. The third-order valence-corrected chi connectivity index (χ3v) is 2.86. The summed E-state index contributed by atoms with van der Waals surface area (Å²) in [5.74, 6) is 0.600. The maximum absolute atomic E-state index is 11.8. The van der Waals surface area contributed by atoms with E-state index in [9.17, 15) is 4.79 Å². The minimum absolute atomic E-state index is 0.0740. The molecule has 0 aliphatic heterocycles. The van der Waals surface area contributed by atoms with Crippen LogP contribution in [0.3, 0.4) is 0 Å². The topological polar surface area (TPSA) is 63.6 Å². The molecule has 5 heteroatoms. The van der Waals surface area contributed by atoms with Crippen LogP contribution in [-0.2, 0) is 13.5 Å². The predicted molar refractivity (Wildman–Crippen MR) is 65.9 cm³/mol. The molecule has 0 bridgehead atoms. The van der Waals surface area contributed by atoms with Crippen LogP contribution in [0.1, 0.15) is 23.9 Å². The smallest absolute Gasteiger partial charge is 0.254 e. The van der Waals surface area contributed by atoms with Gasteiger partial charge in [0.2, 0.25) is 0 Å². The first kappa shape index (κ1) is 11.6. The molecule has 5 nitrogen and oxygen atoms in total. The lowest BCUT2D eigenvalue weighted by atomic mass is 10.2. The van der Waals surface area contributed by atoms with Crippen LogP contribution < -0.4 is 5.56 Å². The Bertz CT molecular complexity index is 609. The molecule has 0 radical (unpaired) electrons. The normalized spacial score (nSPS) is 10.8. The van der Waals surface area contributed by atoms with Gasteiger partial charge in [0.05, 0.1) is 17.0 Å². The van der Waals surface area contributed by atoms with Crippen LogP contribution >= 0.6 is 0 Å². The van der Waals surface area contributed by atoms with Crippen molar-refractivity contribution in [2.75, 3.05) is 0 Å². The van der Waals surface area contributed by atoms with Gasteiger partial charge in [-0.2, -0.15) is 5.10 Å². The van der Waals surface area contributed by atoms with Gasteiger partial charge in [-0.25, -0.2) is 4.98 Å². The molecule has 0 saturated heterocycles. The quantitative estimate of drug-likeness (QED) is 0.850. The summed E-state index contributed by atoms with van der Waals surface area (Å²) < 4.78 is 1.72. The first-order valence-corrected chi connectivity index (χ1v) is 5.63. The summed E-state index contributed by atoms with van der Waals surface area (Å²) in [4.78, 5) is 19.1. The van der Waals surface area contributed by atoms with E-state index < -0.39 is 0 Å². The van der Waals surface area contributed by atoms with Gasteiger partial charge in [0.25, 0.3) is 5.56 Å². The van der Waals surface area contributed by atoms with E-state index in [1.807, 2.05) is 27.1 Å². The molecular weight excluding hydrogens is 216 g/mol. The number of aryl methyl sites for hydroxylation is 3. The summed E-state index contributed by atoms with van der Waals surface area (Å²) in [6.07, 6.45) is 2.62. The molecule has 0 spiro atoms. The molecule has 2 rings (SSSR count). The Hall–Kier alpha value is -1.91. The average Bonchev–Trinajstić information content (AvgIpc) is 2.61. The molecular formula is C12H16N4O. The minimum Gasteiger partial charge on any atom is -0.306 e. The Morgan fingerprint density at radius 1 is 1.41 bits per heavy atom. The van der Waals surface area contributed by atoms with Crippen molar-refractivity contribution in [2.24, 2.45) is 7.05 Å². The molecule has 17 heavy (non-hydrogen) atoms. The summed E-state index contributed by atoms with van der Waals surface area (Å²) in [5, 5.41) is 4.25. The highest BCUT2D eigenvalue weighted by Gasteiger charge is 2.11. The van der Waals surface area contributed by atoms with Crippen molar-refractivity contribution in [1.29, 1.82) is 0 Å². The van der Waals surface area contributed by atoms with Crippen LogP contribution in [0, 0.1) is 13.8 Å². The SMILES string of the molecule is CCc1nc(-c2cn(C)nc2C)[nH]c(=O)c1C. The third kappa shape index (κ3) is 2.00. The lowest BCUT2D eigenvalue weighted by Gasteiger charge is -2.04. The molecule has 0 saturated carbocycles. The van der Waals surface area contributed by atoms with Crippen molar-refractivity contribution in [3.63, 3.8) is 0 Å². The lowest BCUT2D eigenvalue weighted by Crippen LogP contribution is -2.15. The maximum atomic E-state index is 11.8. The molecule has 90 valence electrons. The van der Waals surface area contributed by atoms with Gasteiger partial charge in [0, 0.05) is 18.8 Å². The first-order chi connectivity index (χ1) is 8.02. The van der Waals surface area contributed by atoms with Crippen molar-refractivity contribution >= 4 is 0 Å². The van der Waals surface area contributed by atoms with Crippen LogP contribution in [0.15, 0.2) is 11.0 Å². The average molecular weight is 232 g/mol. The van der Waals surface area contributed by atoms with Crippen LogP contribution in [0.4, 0.5) is 0 Å². The predicted octanol–water partition coefficient (Wildman–Crippen LogP) is 1.35. The zero-order valence-corrected chi connectivity index (χ0v) is 10.5. The summed E-state index contributed by atoms with van der Waals surface area (Å²) in [6, 6.07) is 0. The molecule has 0 amide bonds. The monoisotopic (exact) mass is 232 g/mol. The van der Waals surface area contributed by atoms with Crippen molar-refractivity contribution in [1.82, 2.24) is 19.7 Å². The van der Waals surface area contributed by atoms with E-state index in [1.165, 1.54) is 0 Å². The fourth-order valence-corrected chi connectivity index (χ4v) is 1.88. The molecule has 1 N–H and O–H groups in total. The van der Waals surface area contributed by atoms with E-state index in [0.717, 1.165) is 23.4 Å². The maximum Gasteiger partial charge on any atom is 0.254 e. The number of nitrogens with one attached hydrogen (secondary N) is 1. The highest BCUT2D eigenvalue weighted by molar-refractivity contribution is 5.56. The third-order valence-electron chi connectivity index (χ3n) is 2.86. The van der Waals surface area contributed by atoms with E-state index in [0.29, 0.717) is 11.4 Å². The Balaban J connectivity index is 2.65. The number of aromatic nitrogens is 4. The highest BCUT2D eigenvalue weighted by Crippen LogP contribution is 2.17. The standard InChI is InChI=1S/C12H16N4O/c1-5-10-7(2)12(17)14-11(13-10)9-6-16(4)15-8(9)3/h6H,5H2,1-4H3,(H,13,14,17). The van der Waals surface area contributed by atoms with Gasteiger partial charge in [-0.3, -0.25) is 9.48 Å². The number of rotatable bonds is 2. The fourth-order valence-electron chi connectivity index (χ4n) is 1.88. The van der Waals surface area contributed by atoms with Gasteiger partial charge < -0.3 is 4.98 Å². The lowest BCUT2D eigenvalue weighted by molar-refractivity contribution is 0.756. The van der Waals surface area contributed by atoms with Crippen molar-refractivity contribution in [3.8, 4) is 11.4 Å². The second kappa shape index (κ2) is 4.16. The van der Waals surface area contributed by atoms with Gasteiger partial charge in [-0.15, -0.1) is 0 Å². The van der Waals surface area contributed by atoms with Crippen LogP contribution in [0.2, 0.25) is 0 Å². The van der Waals surface area contributed by atoms with E-state index >= 15 is 0 Å². The Morgan fingerprint density at radius 3 is 2.65 bits per heavy atom. The second-order valence-electron chi connectivity index (χ2n) is 4.14. The largest absolute Gasteiger partial charge is 0.306 e. The summed E-state index contributed by atoms with van der Waals surface area (Å²) >= 11 is 0. The number of H-pyrrole nitrogens is 1. The second-order valence-corrected chi connectivity index (χ2v) is 4.14. The summed E-state index contributed by atoms with van der Waals surface area (Å²) in [7, 11) is 1.85. The molecule has 0 fully saturated rings. The zero-order valence-electron chi connectivity index (χ0n) is 10.5. The molecule has 2 aromatic rings. The molecule has 0 aliphatic carbocycles. The van der Waals surface area contributed by atoms with E-state index in [4.69, 9.17) is 0 Å². The van der Waals surface area contributed by atoms with Crippen molar-refractivity contribution < 1.29 is 0 Å². The van der Waals surface area contributed by atoms with E-state index in [1.54, 1.807) is 11.6 Å². The van der Waals surface area contributed by atoms with E-state index in [2.05, 4.69) is 15.1 Å². The van der Waals surface area contributed by atoms with Crippen molar-refractivity contribution in [2.45, 2.75) is 27.2 Å². The van der Waals surface area contributed by atoms with Crippen molar-refractivity contribution in [3.05, 3.63) is 33.5 Å². The summed E-state index contributed by atoms with van der Waals surface area (Å²) in [5.41, 5.74) is 3.20. The van der Waals surface area contributed by atoms with Crippen LogP contribution in [0.25, 0.3) is 11.4 Å². The summed E-state index contributed by atoms with van der Waals surface area (Å²) in [6.45, 7) is 5.69. The molecule has 0 atom stereocenters. The first-order valence-electron chi connectivity index (χ1n) is 5.63. The fraction of sp³-hybridized carbons (Fsp3) is 0.417. The van der Waals surface area contributed by atoms with Crippen LogP contribution in [0.5, 0.6) is 0 Å². The molecule has 0 aromatic carbocycles.